The summed E-state index contributed by atoms with van der Waals surface area (Å²) in [5, 5.41) is 2.91. The van der Waals surface area contributed by atoms with Gasteiger partial charge in [0.05, 0.1) is 0 Å². The Bertz CT molecular complexity index is 345. The molecule has 6 nitrogen and oxygen atoms in total. The van der Waals surface area contributed by atoms with Gasteiger partial charge in [-0.25, -0.2) is 0 Å². The number of rotatable bonds is 3. The summed E-state index contributed by atoms with van der Waals surface area (Å²) in [6.07, 6.45) is 0.924. The maximum Gasteiger partial charge on any atom is 0.277 e. The van der Waals surface area contributed by atoms with Gasteiger partial charge < -0.3 is 16.8 Å². The van der Waals surface area contributed by atoms with Gasteiger partial charge >= 0.3 is 0 Å². The van der Waals surface area contributed by atoms with Gasteiger partial charge in [-0.2, -0.15) is 4.98 Å². The lowest BCUT2D eigenvalue weighted by atomic mass is 10.4. The molecule has 0 amide bonds. The average molecular weight is 183 g/mol. The minimum Gasteiger partial charge on any atom is -0.391 e. The topological polar surface area (TPSA) is 110 Å². The summed E-state index contributed by atoms with van der Waals surface area (Å²) in [6, 6.07) is 0. The molecule has 0 radical (unpaired) electrons. The van der Waals surface area contributed by atoms with Crippen LogP contribution in [0.3, 0.4) is 0 Å². The molecular weight excluding hydrogens is 170 g/mol. The van der Waals surface area contributed by atoms with Crippen LogP contribution in [0.1, 0.15) is 13.3 Å². The SMILES string of the molecule is CCCNc1nc(N)[nH]c(=O)c1N. The Morgan fingerprint density at radius 1 is 1.54 bits per heavy atom. The molecule has 0 saturated heterocycles. The second-order valence-corrected chi connectivity index (χ2v) is 2.64. The molecule has 0 bridgehead atoms. The van der Waals surface area contributed by atoms with E-state index in [9.17, 15) is 4.79 Å². The molecule has 0 unspecified atom stereocenters. The van der Waals surface area contributed by atoms with Gasteiger partial charge in [-0.15, -0.1) is 0 Å². The van der Waals surface area contributed by atoms with Gasteiger partial charge in [0.1, 0.15) is 5.69 Å². The molecule has 6 heteroatoms. The molecule has 13 heavy (non-hydrogen) atoms. The van der Waals surface area contributed by atoms with Crippen LogP contribution in [-0.4, -0.2) is 16.5 Å². The molecule has 0 saturated carbocycles. The second kappa shape index (κ2) is 3.79. The summed E-state index contributed by atoms with van der Waals surface area (Å²) in [6.45, 7) is 2.71. The van der Waals surface area contributed by atoms with Crippen molar-refractivity contribution in [3.05, 3.63) is 10.4 Å². The van der Waals surface area contributed by atoms with E-state index in [1.165, 1.54) is 0 Å². The molecule has 0 fully saturated rings. The van der Waals surface area contributed by atoms with E-state index in [2.05, 4.69) is 15.3 Å². The summed E-state index contributed by atoms with van der Waals surface area (Å²) in [7, 11) is 0. The number of hydrogen-bond acceptors (Lipinski definition) is 5. The number of nitrogens with two attached hydrogens (primary N) is 2. The van der Waals surface area contributed by atoms with Crippen molar-refractivity contribution in [2.24, 2.45) is 0 Å². The Hall–Kier alpha value is -1.72. The first-order chi connectivity index (χ1) is 6.15. The maximum absolute atomic E-state index is 11.1. The van der Waals surface area contributed by atoms with Gasteiger partial charge in [-0.3, -0.25) is 9.78 Å². The van der Waals surface area contributed by atoms with Gasteiger partial charge in [0.25, 0.3) is 5.56 Å². The molecule has 1 aromatic heterocycles. The van der Waals surface area contributed by atoms with E-state index in [1.54, 1.807) is 0 Å². The zero-order chi connectivity index (χ0) is 9.84. The highest BCUT2D eigenvalue weighted by Crippen LogP contribution is 2.09. The predicted octanol–water partition coefficient (Wildman–Crippen LogP) is -0.244. The molecule has 1 aromatic rings. The van der Waals surface area contributed by atoms with Gasteiger partial charge in [0.2, 0.25) is 5.95 Å². The zero-order valence-electron chi connectivity index (χ0n) is 7.42. The molecule has 1 heterocycles. The number of hydrogen-bond donors (Lipinski definition) is 4. The van der Waals surface area contributed by atoms with Crippen LogP contribution in [0.25, 0.3) is 0 Å². The minimum absolute atomic E-state index is 0.0674. The molecule has 0 aromatic carbocycles. The van der Waals surface area contributed by atoms with Crippen molar-refractivity contribution in [3.8, 4) is 0 Å². The molecule has 72 valence electrons. The number of nitrogens with one attached hydrogen (secondary N) is 2. The van der Waals surface area contributed by atoms with E-state index in [1.807, 2.05) is 6.92 Å². The highest BCUT2D eigenvalue weighted by Gasteiger charge is 2.04. The van der Waals surface area contributed by atoms with Crippen LogP contribution >= 0.6 is 0 Å². The Morgan fingerprint density at radius 3 is 2.85 bits per heavy atom. The third kappa shape index (κ3) is 2.11. The van der Waals surface area contributed by atoms with Crippen molar-refractivity contribution in [2.45, 2.75) is 13.3 Å². The lowest BCUT2D eigenvalue weighted by Crippen LogP contribution is -2.19. The Morgan fingerprint density at radius 2 is 2.23 bits per heavy atom. The van der Waals surface area contributed by atoms with Crippen molar-refractivity contribution in [3.63, 3.8) is 0 Å². The Labute approximate surface area is 75.4 Å². The molecule has 6 N–H and O–H groups in total. The van der Waals surface area contributed by atoms with Crippen molar-refractivity contribution < 1.29 is 0 Å². The van der Waals surface area contributed by atoms with Gasteiger partial charge in [0.15, 0.2) is 5.82 Å². The molecule has 0 aliphatic rings. The fraction of sp³-hybridized carbons (Fsp3) is 0.429. The maximum atomic E-state index is 11.1. The zero-order valence-corrected chi connectivity index (χ0v) is 7.42. The Balaban J connectivity index is 2.99. The predicted molar refractivity (Wildman–Crippen MR) is 52.5 cm³/mol. The van der Waals surface area contributed by atoms with Crippen LogP contribution < -0.4 is 22.3 Å². The number of aromatic nitrogens is 2. The van der Waals surface area contributed by atoms with E-state index in [0.29, 0.717) is 12.4 Å². The largest absolute Gasteiger partial charge is 0.391 e. The normalized spacial score (nSPS) is 9.92. The fourth-order valence-electron chi connectivity index (χ4n) is 0.878. The van der Waals surface area contributed by atoms with Crippen molar-refractivity contribution in [2.75, 3.05) is 23.3 Å². The smallest absolute Gasteiger partial charge is 0.277 e. The third-order valence-corrected chi connectivity index (χ3v) is 1.52. The standard InChI is InChI=1S/C7H13N5O/c1-2-3-10-5-4(8)6(13)12-7(9)11-5/h2-3,8H2,1H3,(H4,9,10,11,12,13). The first-order valence-corrected chi connectivity index (χ1v) is 4.04. The molecule has 0 atom stereocenters. The number of nitrogens with zero attached hydrogens (tertiary/aromatic N) is 1. The van der Waals surface area contributed by atoms with Gasteiger partial charge in [-0.1, -0.05) is 6.92 Å². The van der Waals surface area contributed by atoms with Crippen LogP contribution in [0.5, 0.6) is 0 Å². The van der Waals surface area contributed by atoms with Crippen LogP contribution in [0, 0.1) is 0 Å². The fourth-order valence-corrected chi connectivity index (χ4v) is 0.878. The van der Waals surface area contributed by atoms with Crippen molar-refractivity contribution in [1.29, 1.82) is 0 Å². The van der Waals surface area contributed by atoms with Crippen LogP contribution in [0.2, 0.25) is 0 Å². The second-order valence-electron chi connectivity index (χ2n) is 2.64. The third-order valence-electron chi connectivity index (χ3n) is 1.52. The van der Waals surface area contributed by atoms with Gasteiger partial charge in [0, 0.05) is 6.54 Å². The molecule has 0 spiro atoms. The highest BCUT2D eigenvalue weighted by atomic mass is 16.1. The van der Waals surface area contributed by atoms with E-state index in [4.69, 9.17) is 11.5 Å². The molecule has 0 aliphatic carbocycles. The summed E-state index contributed by atoms with van der Waals surface area (Å²) < 4.78 is 0. The van der Waals surface area contributed by atoms with Gasteiger partial charge in [-0.05, 0) is 6.42 Å². The quantitative estimate of drug-likeness (QED) is 0.516. The summed E-state index contributed by atoms with van der Waals surface area (Å²) in [4.78, 5) is 17.2. The number of aromatic amines is 1. The lowest BCUT2D eigenvalue weighted by molar-refractivity contribution is 0.965. The van der Waals surface area contributed by atoms with Crippen molar-refractivity contribution >= 4 is 17.5 Å². The number of nitrogen functional groups attached to an aromatic ring is 2. The number of anilines is 3. The minimum atomic E-state index is -0.411. The average Bonchev–Trinajstić information content (AvgIpc) is 2.09. The first kappa shape index (κ1) is 9.37. The molecule has 1 rings (SSSR count). The summed E-state index contributed by atoms with van der Waals surface area (Å²) in [5.41, 5.74) is 10.5. The lowest BCUT2D eigenvalue weighted by Gasteiger charge is -2.06. The number of H-pyrrole nitrogens is 1. The van der Waals surface area contributed by atoms with Crippen LogP contribution in [0.4, 0.5) is 17.5 Å². The molecule has 0 aliphatic heterocycles. The summed E-state index contributed by atoms with van der Waals surface area (Å²) >= 11 is 0. The van der Waals surface area contributed by atoms with E-state index in [0.717, 1.165) is 6.42 Å². The van der Waals surface area contributed by atoms with Crippen LogP contribution in [0.15, 0.2) is 4.79 Å². The van der Waals surface area contributed by atoms with E-state index in [-0.39, 0.29) is 11.6 Å². The Kier molecular flexibility index (Phi) is 2.73. The van der Waals surface area contributed by atoms with Crippen LogP contribution in [-0.2, 0) is 0 Å². The highest BCUT2D eigenvalue weighted by molar-refractivity contribution is 5.60. The monoisotopic (exact) mass is 183 g/mol. The molecular formula is C7H13N5O. The van der Waals surface area contributed by atoms with E-state index < -0.39 is 5.56 Å². The summed E-state index contributed by atoms with van der Waals surface area (Å²) in [5.74, 6) is 0.418. The van der Waals surface area contributed by atoms with E-state index >= 15 is 0 Å². The first-order valence-electron chi connectivity index (χ1n) is 4.04. The van der Waals surface area contributed by atoms with Crippen molar-refractivity contribution in [1.82, 2.24) is 9.97 Å².